The number of methoxy groups -OCH3 is 1. The van der Waals surface area contributed by atoms with Crippen LogP contribution in [-0.4, -0.2) is 41.9 Å². The average Bonchev–Trinajstić information content (AvgIpc) is 3.27. The van der Waals surface area contributed by atoms with Gasteiger partial charge in [0, 0.05) is 31.9 Å². The Bertz CT molecular complexity index is 1250. The minimum atomic E-state index is -0.363. The van der Waals surface area contributed by atoms with Gasteiger partial charge in [0.1, 0.15) is 5.75 Å². The maximum Gasteiger partial charge on any atom is 0.282 e. The molecule has 0 amide bonds. The first kappa shape index (κ1) is 22.4. The van der Waals surface area contributed by atoms with Crippen LogP contribution in [0, 0.1) is 0 Å². The molecule has 1 N–H and O–H groups in total. The molecule has 0 spiro atoms. The van der Waals surface area contributed by atoms with Gasteiger partial charge in [0.25, 0.3) is 5.91 Å². The molecule has 0 aliphatic heterocycles. The van der Waals surface area contributed by atoms with Gasteiger partial charge in [-0.25, -0.2) is 0 Å². The van der Waals surface area contributed by atoms with Gasteiger partial charge in [-0.15, -0.1) is 5.10 Å². The Morgan fingerprint density at radius 3 is 2.36 bits per heavy atom. The molecule has 1 heterocycles. The lowest BCUT2D eigenvalue weighted by Gasteiger charge is -2.13. The topological polar surface area (TPSA) is 72.3 Å². The van der Waals surface area contributed by atoms with Crippen molar-refractivity contribution in [2.45, 2.75) is 6.54 Å². The second-order valence-corrected chi connectivity index (χ2v) is 8.01. The Morgan fingerprint density at radius 2 is 1.73 bits per heavy atom. The van der Waals surface area contributed by atoms with Crippen LogP contribution in [0.1, 0.15) is 15.9 Å². The molecular formula is C25H24ClN5O2. The van der Waals surface area contributed by atoms with Crippen molar-refractivity contribution in [1.29, 1.82) is 0 Å². The molecule has 0 atom stereocenters. The number of ether oxygens (including phenoxy) is 1. The third kappa shape index (κ3) is 4.99. The summed E-state index contributed by atoms with van der Waals surface area (Å²) in [7, 11) is 5.60. The number of hydrogen-bond donors (Lipinski definition) is 1. The van der Waals surface area contributed by atoms with E-state index >= 15 is 0 Å². The molecule has 168 valence electrons. The molecule has 0 saturated heterocycles. The number of rotatable bonds is 7. The number of nitrogens with zero attached hydrogens (tertiary/aromatic N) is 4. The van der Waals surface area contributed by atoms with Crippen molar-refractivity contribution < 1.29 is 9.53 Å². The fourth-order valence-corrected chi connectivity index (χ4v) is 3.49. The predicted molar refractivity (Wildman–Crippen MR) is 131 cm³/mol. The normalized spacial score (nSPS) is 10.7. The summed E-state index contributed by atoms with van der Waals surface area (Å²) in [5.74, 6) is 1.12. The molecule has 1 aromatic heterocycles. The van der Waals surface area contributed by atoms with Crippen LogP contribution in [0.15, 0.2) is 72.8 Å². The smallest absolute Gasteiger partial charge is 0.282 e. The number of anilines is 2. The van der Waals surface area contributed by atoms with E-state index in [-0.39, 0.29) is 5.91 Å². The Balaban J connectivity index is 1.66. The third-order valence-corrected chi connectivity index (χ3v) is 5.48. The third-order valence-electron chi connectivity index (χ3n) is 5.16. The van der Waals surface area contributed by atoms with Crippen molar-refractivity contribution in [3.63, 3.8) is 0 Å². The molecular weight excluding hydrogens is 438 g/mol. The average molecular weight is 462 g/mol. The van der Waals surface area contributed by atoms with E-state index in [1.807, 2.05) is 67.5 Å². The van der Waals surface area contributed by atoms with Crippen LogP contribution in [0.2, 0.25) is 5.02 Å². The fourth-order valence-electron chi connectivity index (χ4n) is 3.27. The lowest BCUT2D eigenvalue weighted by atomic mass is 10.2. The molecule has 0 fully saturated rings. The number of carbonyl (C=O) groups excluding carboxylic acids is 1. The summed E-state index contributed by atoms with van der Waals surface area (Å²) in [4.78, 5) is 19.9. The van der Waals surface area contributed by atoms with E-state index in [9.17, 15) is 4.79 Å². The summed E-state index contributed by atoms with van der Waals surface area (Å²) < 4.78 is 6.48. The quantitative estimate of drug-likeness (QED) is 0.418. The number of nitrogens with one attached hydrogen (secondary N) is 1. The Labute approximate surface area is 197 Å². The minimum Gasteiger partial charge on any atom is -0.497 e. The van der Waals surface area contributed by atoms with Gasteiger partial charge in [-0.1, -0.05) is 35.9 Å². The van der Waals surface area contributed by atoms with Gasteiger partial charge in [-0.2, -0.15) is 9.67 Å². The fraction of sp³-hybridized carbons (Fsp3) is 0.160. The lowest BCUT2D eigenvalue weighted by molar-refractivity contribution is 0.0947. The summed E-state index contributed by atoms with van der Waals surface area (Å²) in [6, 6.07) is 22.4. The highest BCUT2D eigenvalue weighted by atomic mass is 35.5. The number of benzene rings is 3. The Kier molecular flexibility index (Phi) is 6.60. The van der Waals surface area contributed by atoms with Crippen molar-refractivity contribution in [3.05, 3.63) is 88.9 Å². The van der Waals surface area contributed by atoms with Crippen LogP contribution in [0.3, 0.4) is 0 Å². The van der Waals surface area contributed by atoms with Crippen LogP contribution in [0.25, 0.3) is 11.4 Å². The van der Waals surface area contributed by atoms with E-state index in [0.29, 0.717) is 28.9 Å². The van der Waals surface area contributed by atoms with Crippen LogP contribution in [0.4, 0.5) is 11.6 Å². The summed E-state index contributed by atoms with van der Waals surface area (Å²) in [5, 5.41) is 8.09. The maximum atomic E-state index is 13.3. The zero-order chi connectivity index (χ0) is 23.4. The number of aromatic nitrogens is 3. The first-order chi connectivity index (χ1) is 16.0. The van der Waals surface area contributed by atoms with Gasteiger partial charge >= 0.3 is 0 Å². The van der Waals surface area contributed by atoms with Crippen LogP contribution in [-0.2, 0) is 6.54 Å². The number of hydrogen-bond acceptors (Lipinski definition) is 6. The second kappa shape index (κ2) is 9.75. The molecule has 33 heavy (non-hydrogen) atoms. The largest absolute Gasteiger partial charge is 0.497 e. The van der Waals surface area contributed by atoms with Gasteiger partial charge in [-0.3, -0.25) is 4.79 Å². The van der Waals surface area contributed by atoms with Crippen molar-refractivity contribution in [2.24, 2.45) is 0 Å². The molecule has 0 aliphatic carbocycles. The van der Waals surface area contributed by atoms with Crippen LogP contribution in [0.5, 0.6) is 5.75 Å². The molecule has 0 aliphatic rings. The molecule has 4 aromatic rings. The van der Waals surface area contributed by atoms with E-state index < -0.39 is 0 Å². The molecule has 8 heteroatoms. The SMILES string of the molecule is COc1ccc(-c2nc(NCc3ccc(N(C)C)cc3)n(C(=O)c3ccccc3Cl)n2)cc1. The van der Waals surface area contributed by atoms with Crippen molar-refractivity contribution in [3.8, 4) is 17.1 Å². The van der Waals surface area contributed by atoms with Gasteiger partial charge in [0.15, 0.2) is 5.82 Å². The van der Waals surface area contributed by atoms with Crippen molar-refractivity contribution >= 4 is 29.1 Å². The zero-order valence-corrected chi connectivity index (χ0v) is 19.4. The molecule has 0 unspecified atom stereocenters. The highest BCUT2D eigenvalue weighted by Gasteiger charge is 2.20. The Hall–Kier alpha value is -3.84. The van der Waals surface area contributed by atoms with E-state index in [4.69, 9.17) is 16.3 Å². The van der Waals surface area contributed by atoms with E-state index in [1.54, 1.807) is 31.4 Å². The minimum absolute atomic E-state index is 0.336. The van der Waals surface area contributed by atoms with E-state index in [2.05, 4.69) is 15.4 Å². The molecule has 3 aromatic carbocycles. The zero-order valence-electron chi connectivity index (χ0n) is 18.6. The van der Waals surface area contributed by atoms with Crippen LogP contribution < -0.4 is 15.0 Å². The maximum absolute atomic E-state index is 13.3. The van der Waals surface area contributed by atoms with E-state index in [0.717, 1.165) is 22.6 Å². The van der Waals surface area contributed by atoms with Gasteiger partial charge in [-0.05, 0) is 54.1 Å². The molecule has 0 saturated carbocycles. The first-order valence-corrected chi connectivity index (χ1v) is 10.7. The van der Waals surface area contributed by atoms with Gasteiger partial charge in [0.05, 0.1) is 17.7 Å². The summed E-state index contributed by atoms with van der Waals surface area (Å²) >= 11 is 6.27. The Morgan fingerprint density at radius 1 is 1.03 bits per heavy atom. The highest BCUT2D eigenvalue weighted by Crippen LogP contribution is 2.24. The van der Waals surface area contributed by atoms with E-state index in [1.165, 1.54) is 4.68 Å². The monoisotopic (exact) mass is 461 g/mol. The predicted octanol–water partition coefficient (Wildman–Crippen LogP) is 4.97. The summed E-state index contributed by atoms with van der Waals surface area (Å²) in [5.41, 5.74) is 3.27. The highest BCUT2D eigenvalue weighted by molar-refractivity contribution is 6.33. The molecule has 4 rings (SSSR count). The lowest BCUT2D eigenvalue weighted by Crippen LogP contribution is -2.18. The van der Waals surface area contributed by atoms with Gasteiger partial charge in [0.2, 0.25) is 5.95 Å². The summed E-state index contributed by atoms with van der Waals surface area (Å²) in [6.45, 7) is 0.476. The van der Waals surface area contributed by atoms with Gasteiger partial charge < -0.3 is 15.0 Å². The number of halogens is 1. The number of carbonyl (C=O) groups is 1. The molecule has 0 bridgehead atoms. The van der Waals surface area contributed by atoms with Crippen molar-refractivity contribution in [2.75, 3.05) is 31.4 Å². The first-order valence-electron chi connectivity index (χ1n) is 10.4. The second-order valence-electron chi connectivity index (χ2n) is 7.60. The summed E-state index contributed by atoms with van der Waals surface area (Å²) in [6.07, 6.45) is 0. The van der Waals surface area contributed by atoms with Crippen LogP contribution >= 0.6 is 11.6 Å². The standard InChI is InChI=1S/C25H24ClN5O2/c1-30(2)19-12-8-17(9-13-19)16-27-25-28-23(18-10-14-20(33-3)15-11-18)29-31(25)24(32)21-6-4-5-7-22(21)26/h4-15H,16H2,1-3H3,(H,27,28,29). The van der Waals surface area contributed by atoms with Crippen molar-refractivity contribution in [1.82, 2.24) is 14.8 Å². The molecule has 7 nitrogen and oxygen atoms in total. The molecule has 0 radical (unpaired) electrons.